The zero-order valence-electron chi connectivity index (χ0n) is 13.7. The van der Waals surface area contributed by atoms with Crippen LogP contribution in [0.1, 0.15) is 24.0 Å². The summed E-state index contributed by atoms with van der Waals surface area (Å²) in [5.74, 6) is 0. The quantitative estimate of drug-likeness (QED) is 0.409. The second-order valence-electron chi connectivity index (χ2n) is 5.69. The first-order valence-corrected chi connectivity index (χ1v) is 9.44. The molecule has 2 aromatic carbocycles. The molecule has 0 aliphatic heterocycles. The van der Waals surface area contributed by atoms with E-state index in [9.17, 15) is 0 Å². The fourth-order valence-corrected chi connectivity index (χ4v) is 2.89. The molecule has 0 atom stereocenters. The van der Waals surface area contributed by atoms with E-state index in [1.54, 1.807) is 0 Å². The number of rotatable bonds is 11. The molecule has 2 rings (SSSR count). The van der Waals surface area contributed by atoms with Gasteiger partial charge in [0, 0.05) is 31.6 Å². The maximum absolute atomic E-state index is 5.78. The minimum atomic E-state index is 0.794. The first-order chi connectivity index (χ1) is 11.4. The second-order valence-corrected chi connectivity index (χ2v) is 6.48. The zero-order chi connectivity index (χ0) is 16.2. The van der Waals surface area contributed by atoms with E-state index >= 15 is 0 Å². The molecule has 0 unspecified atom stereocenters. The fourth-order valence-electron chi connectivity index (χ4n) is 2.49. The highest BCUT2D eigenvalue weighted by molar-refractivity contribution is 9.09. The number of nitrogens with zero attached hydrogens (tertiary/aromatic N) is 1. The summed E-state index contributed by atoms with van der Waals surface area (Å²) in [7, 11) is 0. The average molecular weight is 376 g/mol. The van der Waals surface area contributed by atoms with Crippen LogP contribution in [0.4, 0.5) is 0 Å². The molecule has 0 heterocycles. The summed E-state index contributed by atoms with van der Waals surface area (Å²) in [5, 5.41) is 1.06. The van der Waals surface area contributed by atoms with E-state index in [0.29, 0.717) is 0 Å². The van der Waals surface area contributed by atoms with Gasteiger partial charge >= 0.3 is 0 Å². The van der Waals surface area contributed by atoms with Gasteiger partial charge in [-0.25, -0.2) is 0 Å². The third-order valence-corrected chi connectivity index (χ3v) is 4.28. The Hall–Kier alpha value is -1.16. The summed E-state index contributed by atoms with van der Waals surface area (Å²) in [6.45, 7) is 4.52. The van der Waals surface area contributed by atoms with E-state index in [-0.39, 0.29) is 0 Å². The van der Waals surface area contributed by atoms with Crippen LogP contribution in [-0.4, -0.2) is 30.0 Å². The van der Waals surface area contributed by atoms with Crippen molar-refractivity contribution in [3.63, 3.8) is 0 Å². The molecule has 0 aromatic heterocycles. The van der Waals surface area contributed by atoms with Crippen LogP contribution in [0, 0.1) is 0 Å². The molecule has 0 spiro atoms. The molecule has 2 aromatic rings. The van der Waals surface area contributed by atoms with Crippen LogP contribution in [0.2, 0.25) is 0 Å². The van der Waals surface area contributed by atoms with E-state index in [2.05, 4.69) is 81.5 Å². The average Bonchev–Trinajstić information content (AvgIpc) is 2.60. The van der Waals surface area contributed by atoms with E-state index < -0.39 is 0 Å². The number of unbranched alkanes of at least 4 members (excludes halogenated alkanes) is 1. The Morgan fingerprint density at radius 3 is 1.83 bits per heavy atom. The van der Waals surface area contributed by atoms with Gasteiger partial charge in [0.25, 0.3) is 0 Å². The first-order valence-electron chi connectivity index (χ1n) is 8.32. The number of hydrogen-bond acceptors (Lipinski definition) is 2. The SMILES string of the molecule is BrCCCCOCCN(Cc1ccccc1)Cc1ccccc1. The predicted molar refractivity (Wildman–Crippen MR) is 101 cm³/mol. The van der Waals surface area contributed by atoms with Crippen LogP contribution in [0.25, 0.3) is 0 Å². The topological polar surface area (TPSA) is 12.5 Å². The van der Waals surface area contributed by atoms with Crippen molar-refractivity contribution in [2.75, 3.05) is 25.1 Å². The molecule has 0 N–H and O–H groups in total. The molecule has 124 valence electrons. The van der Waals surface area contributed by atoms with Gasteiger partial charge in [-0.1, -0.05) is 76.6 Å². The van der Waals surface area contributed by atoms with Gasteiger partial charge in [-0.05, 0) is 24.0 Å². The van der Waals surface area contributed by atoms with Crippen LogP contribution in [0.15, 0.2) is 60.7 Å². The molecule has 2 nitrogen and oxygen atoms in total. The van der Waals surface area contributed by atoms with Crippen LogP contribution in [0.5, 0.6) is 0 Å². The van der Waals surface area contributed by atoms with Gasteiger partial charge < -0.3 is 4.74 Å². The molecular weight excluding hydrogens is 350 g/mol. The maximum atomic E-state index is 5.78. The van der Waals surface area contributed by atoms with Gasteiger partial charge in [0.1, 0.15) is 0 Å². The molecule has 0 radical (unpaired) electrons. The number of halogens is 1. The van der Waals surface area contributed by atoms with Crippen molar-refractivity contribution in [2.24, 2.45) is 0 Å². The van der Waals surface area contributed by atoms with Crippen molar-refractivity contribution in [3.8, 4) is 0 Å². The van der Waals surface area contributed by atoms with Crippen molar-refractivity contribution in [2.45, 2.75) is 25.9 Å². The highest BCUT2D eigenvalue weighted by Crippen LogP contribution is 2.10. The van der Waals surface area contributed by atoms with Gasteiger partial charge in [-0.15, -0.1) is 0 Å². The smallest absolute Gasteiger partial charge is 0.0593 e. The van der Waals surface area contributed by atoms with E-state index in [0.717, 1.165) is 44.6 Å². The Kier molecular flexibility index (Phi) is 9.00. The van der Waals surface area contributed by atoms with Crippen LogP contribution < -0.4 is 0 Å². The standard InChI is InChI=1S/C20H26BrNO/c21-13-7-8-15-23-16-14-22(17-19-9-3-1-4-10-19)18-20-11-5-2-6-12-20/h1-6,9-12H,7-8,13-18H2. The Morgan fingerprint density at radius 2 is 1.30 bits per heavy atom. The van der Waals surface area contributed by atoms with Crippen molar-refractivity contribution in [3.05, 3.63) is 71.8 Å². The lowest BCUT2D eigenvalue weighted by Gasteiger charge is -2.22. The molecule has 0 saturated heterocycles. The van der Waals surface area contributed by atoms with Crippen molar-refractivity contribution in [1.82, 2.24) is 4.90 Å². The molecule has 23 heavy (non-hydrogen) atoms. The number of benzene rings is 2. The molecule has 0 aliphatic carbocycles. The fraction of sp³-hybridized carbons (Fsp3) is 0.400. The Balaban J connectivity index is 1.83. The zero-order valence-corrected chi connectivity index (χ0v) is 15.2. The van der Waals surface area contributed by atoms with Crippen LogP contribution in [0.3, 0.4) is 0 Å². The number of alkyl halides is 1. The largest absolute Gasteiger partial charge is 0.380 e. The van der Waals surface area contributed by atoms with E-state index in [1.165, 1.54) is 17.5 Å². The van der Waals surface area contributed by atoms with Gasteiger partial charge in [-0.3, -0.25) is 4.90 Å². The first kappa shape index (κ1) is 18.2. The summed E-state index contributed by atoms with van der Waals surface area (Å²) in [6, 6.07) is 21.3. The highest BCUT2D eigenvalue weighted by atomic mass is 79.9. The molecule has 0 amide bonds. The van der Waals surface area contributed by atoms with Gasteiger partial charge in [0.05, 0.1) is 6.61 Å². The summed E-state index contributed by atoms with van der Waals surface area (Å²) < 4.78 is 5.78. The summed E-state index contributed by atoms with van der Waals surface area (Å²) in [6.07, 6.45) is 2.31. The minimum Gasteiger partial charge on any atom is -0.380 e. The Bertz CT molecular complexity index is 476. The van der Waals surface area contributed by atoms with Crippen LogP contribution >= 0.6 is 15.9 Å². The Labute approximate surface area is 148 Å². The third-order valence-electron chi connectivity index (χ3n) is 3.72. The third kappa shape index (κ3) is 7.78. The molecule has 0 bridgehead atoms. The summed E-state index contributed by atoms with van der Waals surface area (Å²) in [5.41, 5.74) is 2.70. The predicted octanol–water partition coefficient (Wildman–Crippen LogP) is 4.88. The van der Waals surface area contributed by atoms with Crippen molar-refractivity contribution in [1.29, 1.82) is 0 Å². The van der Waals surface area contributed by atoms with Crippen molar-refractivity contribution >= 4 is 15.9 Å². The van der Waals surface area contributed by atoms with E-state index in [1.807, 2.05) is 0 Å². The van der Waals surface area contributed by atoms with E-state index in [4.69, 9.17) is 4.74 Å². The van der Waals surface area contributed by atoms with Gasteiger partial charge in [0.2, 0.25) is 0 Å². The second kappa shape index (κ2) is 11.4. The monoisotopic (exact) mass is 375 g/mol. The lowest BCUT2D eigenvalue weighted by atomic mass is 10.1. The summed E-state index contributed by atoms with van der Waals surface area (Å²) >= 11 is 3.45. The minimum absolute atomic E-state index is 0.794. The van der Waals surface area contributed by atoms with Gasteiger partial charge in [0.15, 0.2) is 0 Å². The molecule has 0 aliphatic rings. The van der Waals surface area contributed by atoms with Crippen molar-refractivity contribution < 1.29 is 4.74 Å². The maximum Gasteiger partial charge on any atom is 0.0593 e. The molecule has 0 saturated carbocycles. The highest BCUT2D eigenvalue weighted by Gasteiger charge is 2.07. The summed E-state index contributed by atoms with van der Waals surface area (Å²) in [4.78, 5) is 2.45. The Morgan fingerprint density at radius 1 is 0.739 bits per heavy atom. The lowest BCUT2D eigenvalue weighted by molar-refractivity contribution is 0.0967. The van der Waals surface area contributed by atoms with Crippen LogP contribution in [-0.2, 0) is 17.8 Å². The lowest BCUT2D eigenvalue weighted by Crippen LogP contribution is -2.27. The molecule has 3 heteroatoms. The normalized spacial score (nSPS) is 11.0. The number of ether oxygens (including phenoxy) is 1. The molecule has 0 fully saturated rings. The molecular formula is C20H26BrNO. The number of hydrogen-bond donors (Lipinski definition) is 0. The van der Waals surface area contributed by atoms with Gasteiger partial charge in [-0.2, -0.15) is 0 Å².